The van der Waals surface area contributed by atoms with E-state index >= 15 is 0 Å². The Kier molecular flexibility index (Phi) is 3.52. The Morgan fingerprint density at radius 1 is 1.17 bits per heavy atom. The lowest BCUT2D eigenvalue weighted by Crippen LogP contribution is -2.12. The lowest BCUT2D eigenvalue weighted by atomic mass is 10.0. The zero-order valence-electron chi connectivity index (χ0n) is 9.60. The van der Waals surface area contributed by atoms with Crippen LogP contribution in [-0.2, 0) is 6.42 Å². The van der Waals surface area contributed by atoms with E-state index in [1.807, 2.05) is 0 Å². The summed E-state index contributed by atoms with van der Waals surface area (Å²) in [7, 11) is 0. The van der Waals surface area contributed by atoms with Crippen molar-refractivity contribution in [2.45, 2.75) is 12.5 Å². The van der Waals surface area contributed by atoms with Crippen molar-refractivity contribution in [3.8, 4) is 0 Å². The number of hydrogen-bond acceptors (Lipinski definition) is 3. The molecule has 0 spiro atoms. The molecule has 0 aliphatic rings. The number of fused-ring (bicyclic) bond motifs is 1. The van der Waals surface area contributed by atoms with Crippen LogP contribution in [0.15, 0.2) is 45.6 Å². The lowest BCUT2D eigenvalue weighted by Gasteiger charge is -2.10. The molecule has 0 radical (unpaired) electrons. The Hall–Kier alpha value is -0.680. The lowest BCUT2D eigenvalue weighted by molar-refractivity contribution is 0.737. The van der Waals surface area contributed by atoms with Gasteiger partial charge in [0, 0.05) is 26.5 Å². The average Bonchev–Trinajstić information content (AvgIpc) is 2.96. The molecule has 0 fully saturated rings. The van der Waals surface area contributed by atoms with Crippen LogP contribution in [0, 0.1) is 0 Å². The van der Waals surface area contributed by atoms with E-state index in [1.54, 1.807) is 22.7 Å². The second kappa shape index (κ2) is 5.13. The maximum absolute atomic E-state index is 6.36. The molecule has 2 aromatic heterocycles. The van der Waals surface area contributed by atoms with Crippen LogP contribution in [0.2, 0.25) is 0 Å². The van der Waals surface area contributed by atoms with E-state index in [0.29, 0.717) is 0 Å². The highest BCUT2D eigenvalue weighted by Crippen LogP contribution is 2.33. The first-order valence-corrected chi connectivity index (χ1v) is 8.24. The van der Waals surface area contributed by atoms with Crippen LogP contribution in [0.1, 0.15) is 16.5 Å². The molecule has 2 heterocycles. The SMILES string of the molecule is NC(Cc1sccc1Br)c1csc2ccccc12. The van der Waals surface area contributed by atoms with Crippen LogP contribution >= 0.6 is 38.6 Å². The summed E-state index contributed by atoms with van der Waals surface area (Å²) in [5.74, 6) is 0. The topological polar surface area (TPSA) is 26.0 Å². The van der Waals surface area contributed by atoms with Gasteiger partial charge in [0.25, 0.3) is 0 Å². The number of rotatable bonds is 3. The molecule has 0 saturated heterocycles. The Labute approximate surface area is 122 Å². The molecular formula is C14H12BrNS2. The standard InChI is InChI=1S/C14H12BrNS2/c15-11-5-6-17-14(11)7-12(16)10-8-18-13-4-2-1-3-9(10)13/h1-6,8,12H,7,16H2. The van der Waals surface area contributed by atoms with Gasteiger partial charge in [-0.2, -0.15) is 0 Å². The van der Waals surface area contributed by atoms with Gasteiger partial charge in [0.2, 0.25) is 0 Å². The zero-order chi connectivity index (χ0) is 12.5. The van der Waals surface area contributed by atoms with Gasteiger partial charge < -0.3 is 5.73 Å². The molecule has 92 valence electrons. The molecule has 0 aliphatic carbocycles. The van der Waals surface area contributed by atoms with E-state index in [-0.39, 0.29) is 6.04 Å². The number of hydrogen-bond donors (Lipinski definition) is 1. The Morgan fingerprint density at radius 2 is 2.00 bits per heavy atom. The van der Waals surface area contributed by atoms with E-state index in [9.17, 15) is 0 Å². The normalized spacial score (nSPS) is 13.0. The highest BCUT2D eigenvalue weighted by atomic mass is 79.9. The first-order chi connectivity index (χ1) is 8.75. The quantitative estimate of drug-likeness (QED) is 0.717. The highest BCUT2D eigenvalue weighted by Gasteiger charge is 2.14. The molecule has 0 saturated carbocycles. The molecule has 0 aliphatic heterocycles. The monoisotopic (exact) mass is 337 g/mol. The molecule has 1 atom stereocenters. The third-order valence-corrected chi connectivity index (χ3v) is 5.94. The van der Waals surface area contributed by atoms with Crippen LogP contribution in [0.3, 0.4) is 0 Å². The van der Waals surface area contributed by atoms with Crippen molar-refractivity contribution in [1.29, 1.82) is 0 Å². The van der Waals surface area contributed by atoms with Gasteiger partial charge in [-0.1, -0.05) is 18.2 Å². The van der Waals surface area contributed by atoms with E-state index in [1.165, 1.54) is 25.0 Å². The van der Waals surface area contributed by atoms with Crippen molar-refractivity contribution < 1.29 is 0 Å². The Balaban J connectivity index is 1.93. The fraction of sp³-hybridized carbons (Fsp3) is 0.143. The van der Waals surface area contributed by atoms with Gasteiger partial charge in [0.05, 0.1) is 0 Å². The summed E-state index contributed by atoms with van der Waals surface area (Å²) in [6, 6.07) is 10.6. The van der Waals surface area contributed by atoms with Crippen molar-refractivity contribution in [2.75, 3.05) is 0 Å². The molecule has 1 aromatic carbocycles. The minimum atomic E-state index is 0.0658. The van der Waals surface area contributed by atoms with Gasteiger partial charge in [0.15, 0.2) is 0 Å². The van der Waals surface area contributed by atoms with Gasteiger partial charge in [-0.3, -0.25) is 0 Å². The van der Waals surface area contributed by atoms with E-state index in [4.69, 9.17) is 5.73 Å². The summed E-state index contributed by atoms with van der Waals surface area (Å²) in [5, 5.41) is 5.58. The molecule has 0 amide bonds. The second-order valence-corrected chi connectivity index (χ2v) is 6.96. The third kappa shape index (κ3) is 2.26. The number of benzene rings is 1. The predicted octanol–water partition coefficient (Wildman–Crippen LogP) is 4.97. The van der Waals surface area contributed by atoms with Crippen molar-refractivity contribution in [3.05, 3.63) is 56.0 Å². The summed E-state index contributed by atoms with van der Waals surface area (Å²) in [4.78, 5) is 1.32. The fourth-order valence-corrected chi connectivity index (χ4v) is 4.67. The van der Waals surface area contributed by atoms with Gasteiger partial charge in [-0.05, 0) is 49.8 Å². The number of halogens is 1. The average molecular weight is 338 g/mol. The van der Waals surface area contributed by atoms with E-state index in [2.05, 4.69) is 57.0 Å². The summed E-state index contributed by atoms with van der Waals surface area (Å²) >= 11 is 7.09. The highest BCUT2D eigenvalue weighted by molar-refractivity contribution is 9.10. The molecule has 18 heavy (non-hydrogen) atoms. The largest absolute Gasteiger partial charge is 0.324 e. The third-order valence-electron chi connectivity index (χ3n) is 3.01. The molecule has 2 N–H and O–H groups in total. The second-order valence-electron chi connectivity index (χ2n) is 4.19. The van der Waals surface area contributed by atoms with Crippen molar-refractivity contribution in [3.63, 3.8) is 0 Å². The van der Waals surface area contributed by atoms with Gasteiger partial charge in [-0.15, -0.1) is 22.7 Å². The number of nitrogens with two attached hydrogens (primary N) is 1. The molecule has 4 heteroatoms. The van der Waals surface area contributed by atoms with Crippen molar-refractivity contribution in [2.24, 2.45) is 5.73 Å². The molecule has 3 aromatic rings. The summed E-state index contributed by atoms with van der Waals surface area (Å²) in [6.45, 7) is 0. The molecule has 1 unspecified atom stereocenters. The first kappa shape index (κ1) is 12.4. The molecule has 0 bridgehead atoms. The van der Waals surface area contributed by atoms with Crippen LogP contribution in [-0.4, -0.2) is 0 Å². The summed E-state index contributed by atoms with van der Waals surface area (Å²) in [5.41, 5.74) is 7.62. The van der Waals surface area contributed by atoms with E-state index < -0.39 is 0 Å². The first-order valence-electron chi connectivity index (χ1n) is 5.69. The van der Waals surface area contributed by atoms with Crippen LogP contribution in [0.5, 0.6) is 0 Å². The molecular weight excluding hydrogens is 326 g/mol. The smallest absolute Gasteiger partial charge is 0.0358 e. The van der Waals surface area contributed by atoms with Crippen molar-refractivity contribution in [1.82, 2.24) is 0 Å². The summed E-state index contributed by atoms with van der Waals surface area (Å²) in [6.07, 6.45) is 0.888. The van der Waals surface area contributed by atoms with E-state index in [0.717, 1.165) is 6.42 Å². The Bertz CT molecular complexity index is 671. The molecule has 1 nitrogen and oxygen atoms in total. The van der Waals surface area contributed by atoms with Crippen LogP contribution in [0.25, 0.3) is 10.1 Å². The van der Waals surface area contributed by atoms with Gasteiger partial charge in [0.1, 0.15) is 0 Å². The zero-order valence-corrected chi connectivity index (χ0v) is 12.8. The minimum absolute atomic E-state index is 0.0658. The number of thiophene rings is 2. The maximum Gasteiger partial charge on any atom is 0.0358 e. The Morgan fingerprint density at radius 3 is 2.78 bits per heavy atom. The van der Waals surface area contributed by atoms with Gasteiger partial charge in [-0.25, -0.2) is 0 Å². The minimum Gasteiger partial charge on any atom is -0.324 e. The van der Waals surface area contributed by atoms with Crippen LogP contribution < -0.4 is 5.73 Å². The maximum atomic E-state index is 6.36. The van der Waals surface area contributed by atoms with Crippen molar-refractivity contribution >= 4 is 48.7 Å². The summed E-state index contributed by atoms with van der Waals surface area (Å²) < 4.78 is 2.48. The molecule has 3 rings (SSSR count). The van der Waals surface area contributed by atoms with Gasteiger partial charge >= 0.3 is 0 Å². The van der Waals surface area contributed by atoms with Crippen LogP contribution in [0.4, 0.5) is 0 Å². The fourth-order valence-electron chi connectivity index (χ4n) is 2.07. The predicted molar refractivity (Wildman–Crippen MR) is 84.5 cm³/mol.